The van der Waals surface area contributed by atoms with Crippen LogP contribution in [0.2, 0.25) is 5.02 Å². The van der Waals surface area contributed by atoms with Gasteiger partial charge in [-0.3, -0.25) is 0 Å². The smallest absolute Gasteiger partial charge is 0.410 e. The van der Waals surface area contributed by atoms with Gasteiger partial charge in [0.1, 0.15) is 11.4 Å². The van der Waals surface area contributed by atoms with Gasteiger partial charge < -0.3 is 15.0 Å². The Morgan fingerprint density at radius 1 is 1.39 bits per heavy atom. The van der Waals surface area contributed by atoms with Crippen molar-refractivity contribution < 1.29 is 13.9 Å². The van der Waals surface area contributed by atoms with Crippen molar-refractivity contribution in [2.45, 2.75) is 39.0 Å². The highest BCUT2D eigenvalue weighted by Gasteiger charge is 2.56. The van der Waals surface area contributed by atoms with Gasteiger partial charge in [0.2, 0.25) is 0 Å². The molecule has 1 N–H and O–H groups in total. The minimum atomic E-state index is -0.458. The third-order valence-corrected chi connectivity index (χ3v) is 4.68. The summed E-state index contributed by atoms with van der Waals surface area (Å²) in [6.45, 7) is 7.68. The highest BCUT2D eigenvalue weighted by Crippen LogP contribution is 2.45. The molecule has 126 valence electrons. The predicted molar refractivity (Wildman–Crippen MR) is 86.8 cm³/mol. The van der Waals surface area contributed by atoms with Gasteiger partial charge in [0.25, 0.3) is 0 Å². The van der Waals surface area contributed by atoms with Crippen LogP contribution >= 0.6 is 11.6 Å². The van der Waals surface area contributed by atoms with Crippen LogP contribution in [-0.2, 0) is 11.3 Å². The second kappa shape index (κ2) is 5.95. The first kappa shape index (κ1) is 16.5. The fourth-order valence-corrected chi connectivity index (χ4v) is 3.31. The lowest BCUT2D eigenvalue weighted by Crippen LogP contribution is -2.39. The lowest BCUT2D eigenvalue weighted by molar-refractivity contribution is 0.0269. The standard InChI is InChI=1S/C17H22ClFN2O2/c1-17(2,3)23-16(22)21-8-11-12(9-21)15(11)20-7-10-4-5-13(18)14(19)6-10/h4-6,11-12,15,20H,7-9H2,1-3H3. The molecule has 1 amide bonds. The number of hydrogen-bond donors (Lipinski definition) is 1. The van der Waals surface area contributed by atoms with Crippen LogP contribution in [0.1, 0.15) is 26.3 Å². The Labute approximate surface area is 140 Å². The number of benzene rings is 1. The van der Waals surface area contributed by atoms with E-state index in [9.17, 15) is 9.18 Å². The highest BCUT2D eigenvalue weighted by molar-refractivity contribution is 6.30. The summed E-state index contributed by atoms with van der Waals surface area (Å²) in [5, 5.41) is 3.58. The number of likely N-dealkylation sites (tertiary alicyclic amines) is 1. The van der Waals surface area contributed by atoms with Crippen LogP contribution in [0, 0.1) is 17.7 Å². The van der Waals surface area contributed by atoms with E-state index in [4.69, 9.17) is 16.3 Å². The fourth-order valence-electron chi connectivity index (χ4n) is 3.19. The zero-order valence-electron chi connectivity index (χ0n) is 13.6. The number of ether oxygens (including phenoxy) is 1. The third-order valence-electron chi connectivity index (χ3n) is 4.37. The maximum absolute atomic E-state index is 13.4. The fraction of sp³-hybridized carbons (Fsp3) is 0.588. The molecule has 1 aliphatic heterocycles. The van der Waals surface area contributed by atoms with Crippen molar-refractivity contribution in [2.75, 3.05) is 13.1 Å². The quantitative estimate of drug-likeness (QED) is 0.916. The number of halogens is 2. The van der Waals surface area contributed by atoms with Gasteiger partial charge in [-0.15, -0.1) is 0 Å². The summed E-state index contributed by atoms with van der Waals surface area (Å²) in [6.07, 6.45) is -0.233. The first-order valence-electron chi connectivity index (χ1n) is 7.90. The van der Waals surface area contributed by atoms with Crippen molar-refractivity contribution in [3.8, 4) is 0 Å². The van der Waals surface area contributed by atoms with Crippen molar-refractivity contribution in [3.05, 3.63) is 34.6 Å². The van der Waals surface area contributed by atoms with E-state index in [1.54, 1.807) is 11.0 Å². The Hall–Kier alpha value is -1.33. The zero-order chi connectivity index (χ0) is 16.8. The number of nitrogens with zero attached hydrogens (tertiary/aromatic N) is 1. The Kier molecular flexibility index (Phi) is 4.27. The Morgan fingerprint density at radius 2 is 2.04 bits per heavy atom. The molecule has 0 aromatic heterocycles. The van der Waals surface area contributed by atoms with E-state index < -0.39 is 11.4 Å². The van der Waals surface area contributed by atoms with Crippen LogP contribution < -0.4 is 5.32 Å². The molecule has 6 heteroatoms. The number of fused-ring (bicyclic) bond motifs is 1. The molecule has 0 bridgehead atoms. The highest BCUT2D eigenvalue weighted by atomic mass is 35.5. The first-order chi connectivity index (χ1) is 10.7. The molecular weight excluding hydrogens is 319 g/mol. The maximum Gasteiger partial charge on any atom is 0.410 e. The molecule has 1 saturated heterocycles. The second-order valence-electron chi connectivity index (χ2n) is 7.37. The molecule has 23 heavy (non-hydrogen) atoms. The molecule has 1 aromatic carbocycles. The number of carbonyl (C=O) groups is 1. The van der Waals surface area contributed by atoms with Gasteiger partial charge >= 0.3 is 6.09 Å². The van der Waals surface area contributed by atoms with Gasteiger partial charge in [0, 0.05) is 25.7 Å². The van der Waals surface area contributed by atoms with E-state index in [-0.39, 0.29) is 11.1 Å². The van der Waals surface area contributed by atoms with E-state index in [1.807, 2.05) is 26.8 Å². The minimum Gasteiger partial charge on any atom is -0.444 e. The minimum absolute atomic E-state index is 0.144. The number of amides is 1. The molecule has 0 spiro atoms. The second-order valence-corrected chi connectivity index (χ2v) is 7.78. The van der Waals surface area contributed by atoms with E-state index in [0.29, 0.717) is 24.4 Å². The molecule has 2 aliphatic rings. The normalized spacial score (nSPS) is 26.1. The van der Waals surface area contributed by atoms with Crippen molar-refractivity contribution >= 4 is 17.7 Å². The van der Waals surface area contributed by atoms with E-state index in [2.05, 4.69) is 5.32 Å². The van der Waals surface area contributed by atoms with Gasteiger partial charge in [0.05, 0.1) is 5.02 Å². The van der Waals surface area contributed by atoms with Crippen molar-refractivity contribution in [1.29, 1.82) is 0 Å². The monoisotopic (exact) mass is 340 g/mol. The van der Waals surface area contributed by atoms with Crippen LogP contribution in [0.3, 0.4) is 0 Å². The van der Waals surface area contributed by atoms with Crippen LogP contribution in [0.15, 0.2) is 18.2 Å². The summed E-state index contributed by atoms with van der Waals surface area (Å²) in [4.78, 5) is 13.8. The van der Waals surface area contributed by atoms with Gasteiger partial charge in [-0.1, -0.05) is 17.7 Å². The SMILES string of the molecule is CC(C)(C)OC(=O)N1CC2C(C1)C2NCc1ccc(Cl)c(F)c1. The first-order valence-corrected chi connectivity index (χ1v) is 8.27. The molecule has 2 unspecified atom stereocenters. The van der Waals surface area contributed by atoms with E-state index in [0.717, 1.165) is 18.7 Å². The van der Waals surface area contributed by atoms with E-state index in [1.165, 1.54) is 6.07 Å². The molecular formula is C17H22ClFN2O2. The summed E-state index contributed by atoms with van der Waals surface area (Å²) in [7, 11) is 0. The van der Waals surface area contributed by atoms with Gasteiger partial charge in [-0.25, -0.2) is 9.18 Å². The third kappa shape index (κ3) is 3.78. The van der Waals surface area contributed by atoms with Gasteiger partial charge in [-0.2, -0.15) is 0 Å². The zero-order valence-corrected chi connectivity index (χ0v) is 14.4. The molecule has 1 saturated carbocycles. The van der Waals surface area contributed by atoms with Crippen LogP contribution in [0.4, 0.5) is 9.18 Å². The molecule has 3 rings (SSSR count). The molecule has 2 fully saturated rings. The summed E-state index contributed by atoms with van der Waals surface area (Å²) in [6, 6.07) is 5.25. The molecule has 1 aliphatic carbocycles. The summed E-state index contributed by atoms with van der Waals surface area (Å²) < 4.78 is 18.8. The molecule has 0 radical (unpaired) electrons. The Balaban J connectivity index is 1.45. The molecule has 1 heterocycles. The summed E-state index contributed by atoms with van der Waals surface area (Å²) in [5.74, 6) is 0.553. The van der Waals surface area contributed by atoms with Crippen LogP contribution in [0.5, 0.6) is 0 Å². The number of rotatable bonds is 3. The summed E-state index contributed by atoms with van der Waals surface area (Å²) in [5.41, 5.74) is 0.418. The number of nitrogens with one attached hydrogen (secondary N) is 1. The Bertz CT molecular complexity index is 605. The maximum atomic E-state index is 13.4. The average molecular weight is 341 g/mol. The largest absolute Gasteiger partial charge is 0.444 e. The lowest BCUT2D eigenvalue weighted by Gasteiger charge is -2.26. The number of piperidine rings is 1. The van der Waals surface area contributed by atoms with Crippen molar-refractivity contribution in [3.63, 3.8) is 0 Å². The summed E-state index contributed by atoms with van der Waals surface area (Å²) >= 11 is 5.68. The Morgan fingerprint density at radius 3 is 2.61 bits per heavy atom. The molecule has 2 atom stereocenters. The number of hydrogen-bond acceptors (Lipinski definition) is 3. The van der Waals surface area contributed by atoms with Crippen molar-refractivity contribution in [1.82, 2.24) is 10.2 Å². The van der Waals surface area contributed by atoms with Gasteiger partial charge in [0.15, 0.2) is 0 Å². The number of carbonyl (C=O) groups excluding carboxylic acids is 1. The van der Waals surface area contributed by atoms with Crippen molar-refractivity contribution in [2.24, 2.45) is 11.8 Å². The predicted octanol–water partition coefficient (Wildman–Crippen LogP) is 3.43. The average Bonchev–Trinajstić information content (AvgIpc) is 2.89. The van der Waals surface area contributed by atoms with Crippen LogP contribution in [-0.4, -0.2) is 35.7 Å². The lowest BCUT2D eigenvalue weighted by atomic mass is 10.2. The molecule has 4 nitrogen and oxygen atoms in total. The molecule has 1 aromatic rings. The van der Waals surface area contributed by atoms with Crippen LogP contribution in [0.25, 0.3) is 0 Å². The topological polar surface area (TPSA) is 41.6 Å². The van der Waals surface area contributed by atoms with Gasteiger partial charge in [-0.05, 0) is 50.3 Å². The van der Waals surface area contributed by atoms with E-state index >= 15 is 0 Å².